The molecule has 0 fully saturated rings. The first-order chi connectivity index (χ1) is 9.92. The summed E-state index contributed by atoms with van der Waals surface area (Å²) in [5.41, 5.74) is 2.49. The van der Waals surface area contributed by atoms with E-state index in [1.54, 1.807) is 0 Å². The first kappa shape index (κ1) is 11.2. The van der Waals surface area contributed by atoms with E-state index in [-0.39, 0.29) is 0 Å². The first-order valence-corrected chi connectivity index (χ1v) is 6.80. The normalized spacial score (nSPS) is 11.0. The summed E-state index contributed by atoms with van der Waals surface area (Å²) >= 11 is 0. The Balaban J connectivity index is 2.01. The Morgan fingerprint density at radius 3 is 2.25 bits per heavy atom. The standard InChI is InChI=1S/C20H13/c1-2-8-17-14-18(13-12-15(17)6-1)20-11-5-9-16-7-3-4-10-19(16)20/h1-4,6-14H. The molecule has 0 aliphatic heterocycles. The molecule has 0 nitrogen and oxygen atoms in total. The van der Waals surface area contributed by atoms with Crippen molar-refractivity contribution in [3.8, 4) is 11.1 Å². The lowest BCUT2D eigenvalue weighted by Gasteiger charge is -2.08. The molecule has 0 aromatic heterocycles. The van der Waals surface area contributed by atoms with Crippen LogP contribution in [0.1, 0.15) is 0 Å². The minimum atomic E-state index is 1.23. The van der Waals surface area contributed by atoms with Crippen molar-refractivity contribution in [2.24, 2.45) is 0 Å². The maximum atomic E-state index is 3.25. The molecule has 0 N–H and O–H groups in total. The summed E-state index contributed by atoms with van der Waals surface area (Å²) in [5.74, 6) is 0. The molecular weight excluding hydrogens is 240 g/mol. The Bertz CT molecular complexity index is 898. The molecule has 0 saturated carbocycles. The molecular formula is C20H13. The van der Waals surface area contributed by atoms with Gasteiger partial charge in [-0.1, -0.05) is 60.7 Å². The second-order valence-corrected chi connectivity index (χ2v) is 5.02. The molecule has 4 aromatic carbocycles. The highest BCUT2D eigenvalue weighted by atomic mass is 14.1. The van der Waals surface area contributed by atoms with E-state index in [2.05, 4.69) is 78.9 Å². The van der Waals surface area contributed by atoms with Gasteiger partial charge in [-0.15, -0.1) is 0 Å². The van der Waals surface area contributed by atoms with Gasteiger partial charge in [0.1, 0.15) is 0 Å². The van der Waals surface area contributed by atoms with Gasteiger partial charge >= 0.3 is 0 Å². The van der Waals surface area contributed by atoms with Crippen molar-refractivity contribution in [1.82, 2.24) is 0 Å². The zero-order valence-electron chi connectivity index (χ0n) is 11.0. The molecule has 4 aromatic rings. The lowest BCUT2D eigenvalue weighted by Crippen LogP contribution is -1.82. The van der Waals surface area contributed by atoms with Crippen LogP contribution >= 0.6 is 0 Å². The second-order valence-electron chi connectivity index (χ2n) is 5.02. The maximum absolute atomic E-state index is 3.25. The predicted molar refractivity (Wildman–Crippen MR) is 85.7 cm³/mol. The van der Waals surface area contributed by atoms with Crippen LogP contribution in [-0.2, 0) is 0 Å². The Morgan fingerprint density at radius 2 is 1.35 bits per heavy atom. The molecule has 0 aliphatic carbocycles. The number of fused-ring (bicyclic) bond motifs is 2. The van der Waals surface area contributed by atoms with E-state index in [1.807, 2.05) is 6.07 Å². The highest BCUT2D eigenvalue weighted by Gasteiger charge is 2.04. The van der Waals surface area contributed by atoms with Crippen molar-refractivity contribution in [2.75, 3.05) is 0 Å². The topological polar surface area (TPSA) is 0 Å². The molecule has 93 valence electrons. The third kappa shape index (κ3) is 1.78. The van der Waals surface area contributed by atoms with Gasteiger partial charge in [0.05, 0.1) is 0 Å². The second kappa shape index (κ2) is 4.50. The highest BCUT2D eigenvalue weighted by Crippen LogP contribution is 2.30. The minimum absolute atomic E-state index is 1.23. The van der Waals surface area contributed by atoms with E-state index in [0.29, 0.717) is 0 Å². The Kier molecular flexibility index (Phi) is 2.53. The number of hydrogen-bond donors (Lipinski definition) is 0. The van der Waals surface area contributed by atoms with Crippen molar-refractivity contribution in [1.29, 1.82) is 0 Å². The molecule has 20 heavy (non-hydrogen) atoms. The molecule has 0 spiro atoms. The van der Waals surface area contributed by atoms with Crippen molar-refractivity contribution in [2.45, 2.75) is 0 Å². The Labute approximate surface area is 118 Å². The fourth-order valence-electron chi connectivity index (χ4n) is 2.76. The van der Waals surface area contributed by atoms with Gasteiger partial charge in [0.15, 0.2) is 0 Å². The first-order valence-electron chi connectivity index (χ1n) is 6.80. The molecule has 0 bridgehead atoms. The average Bonchev–Trinajstić information content (AvgIpc) is 2.54. The fraction of sp³-hybridized carbons (Fsp3) is 0. The Hall–Kier alpha value is -2.60. The zero-order valence-corrected chi connectivity index (χ0v) is 11.0. The summed E-state index contributed by atoms with van der Waals surface area (Å²) in [7, 11) is 0. The van der Waals surface area contributed by atoms with Crippen LogP contribution in [0.15, 0.2) is 78.9 Å². The van der Waals surface area contributed by atoms with Gasteiger partial charge < -0.3 is 0 Å². The summed E-state index contributed by atoms with van der Waals surface area (Å²) in [5, 5.41) is 5.07. The van der Waals surface area contributed by atoms with Crippen LogP contribution < -0.4 is 0 Å². The van der Waals surface area contributed by atoms with E-state index in [0.717, 1.165) is 0 Å². The quantitative estimate of drug-likeness (QED) is 0.422. The van der Waals surface area contributed by atoms with Gasteiger partial charge in [0.25, 0.3) is 0 Å². The van der Waals surface area contributed by atoms with Crippen LogP contribution in [-0.4, -0.2) is 0 Å². The summed E-state index contributed by atoms with van der Waals surface area (Å²) in [6, 6.07) is 30.9. The van der Waals surface area contributed by atoms with Crippen LogP contribution in [0.2, 0.25) is 0 Å². The molecule has 0 heterocycles. The number of rotatable bonds is 1. The third-order valence-electron chi connectivity index (χ3n) is 3.78. The van der Waals surface area contributed by atoms with Crippen molar-refractivity contribution in [3.05, 3.63) is 84.9 Å². The summed E-state index contributed by atoms with van der Waals surface area (Å²) in [6.45, 7) is 0. The van der Waals surface area contributed by atoms with Gasteiger partial charge in [-0.3, -0.25) is 0 Å². The van der Waals surface area contributed by atoms with Crippen LogP contribution in [0.5, 0.6) is 0 Å². The largest absolute Gasteiger partial charge is 0.0616 e. The van der Waals surface area contributed by atoms with Gasteiger partial charge in [0.2, 0.25) is 0 Å². The molecule has 0 aliphatic rings. The van der Waals surface area contributed by atoms with Crippen LogP contribution in [0.25, 0.3) is 32.7 Å². The molecule has 0 saturated heterocycles. The minimum Gasteiger partial charge on any atom is -0.0616 e. The highest BCUT2D eigenvalue weighted by molar-refractivity contribution is 5.98. The van der Waals surface area contributed by atoms with Crippen LogP contribution in [0.3, 0.4) is 0 Å². The Morgan fingerprint density at radius 1 is 0.600 bits per heavy atom. The van der Waals surface area contributed by atoms with Gasteiger partial charge in [-0.05, 0) is 56.9 Å². The number of benzene rings is 4. The van der Waals surface area contributed by atoms with Crippen molar-refractivity contribution >= 4 is 21.5 Å². The van der Waals surface area contributed by atoms with Gasteiger partial charge in [-0.2, -0.15) is 0 Å². The summed E-state index contributed by atoms with van der Waals surface area (Å²) in [4.78, 5) is 0. The van der Waals surface area contributed by atoms with E-state index in [4.69, 9.17) is 0 Å². The summed E-state index contributed by atoms with van der Waals surface area (Å²) < 4.78 is 0. The van der Waals surface area contributed by atoms with E-state index >= 15 is 0 Å². The molecule has 1 radical (unpaired) electrons. The summed E-state index contributed by atoms with van der Waals surface area (Å²) in [6.07, 6.45) is 0. The van der Waals surface area contributed by atoms with Gasteiger partial charge in [-0.25, -0.2) is 0 Å². The van der Waals surface area contributed by atoms with E-state index in [9.17, 15) is 0 Å². The van der Waals surface area contributed by atoms with Crippen LogP contribution in [0.4, 0.5) is 0 Å². The van der Waals surface area contributed by atoms with E-state index < -0.39 is 0 Å². The lowest BCUT2D eigenvalue weighted by molar-refractivity contribution is 1.67. The van der Waals surface area contributed by atoms with Crippen molar-refractivity contribution in [3.63, 3.8) is 0 Å². The average molecular weight is 253 g/mol. The zero-order chi connectivity index (χ0) is 13.4. The molecule has 4 rings (SSSR count). The smallest absolute Gasteiger partial charge is 0.00990 e. The fourth-order valence-corrected chi connectivity index (χ4v) is 2.76. The van der Waals surface area contributed by atoms with Crippen LogP contribution in [0, 0.1) is 6.07 Å². The molecule has 0 atom stereocenters. The monoisotopic (exact) mass is 253 g/mol. The molecule has 0 amide bonds. The van der Waals surface area contributed by atoms with Crippen molar-refractivity contribution < 1.29 is 0 Å². The number of hydrogen-bond acceptors (Lipinski definition) is 0. The molecule has 0 unspecified atom stereocenters. The van der Waals surface area contributed by atoms with E-state index in [1.165, 1.54) is 32.7 Å². The molecule has 0 heteroatoms. The maximum Gasteiger partial charge on any atom is -0.00990 e. The predicted octanol–water partition coefficient (Wildman–Crippen LogP) is 5.46. The lowest BCUT2D eigenvalue weighted by atomic mass is 9.96. The third-order valence-corrected chi connectivity index (χ3v) is 3.78. The van der Waals surface area contributed by atoms with Gasteiger partial charge in [0, 0.05) is 0 Å². The SMILES string of the molecule is [c]1cc(-c2ccc3ccccc3c2)c2ccccc2c1.